The molecule has 1 aliphatic rings. The number of furan rings is 1. The molecule has 0 unspecified atom stereocenters. The van der Waals surface area contributed by atoms with Crippen molar-refractivity contribution in [1.29, 1.82) is 0 Å². The van der Waals surface area contributed by atoms with Gasteiger partial charge in [-0.15, -0.1) is 5.10 Å². The van der Waals surface area contributed by atoms with Crippen molar-refractivity contribution >= 4 is 27.3 Å². The Hall–Kier alpha value is -2.74. The lowest BCUT2D eigenvalue weighted by atomic mass is 10.2. The quantitative estimate of drug-likeness (QED) is 0.563. The van der Waals surface area contributed by atoms with Gasteiger partial charge in [0.05, 0.1) is 13.3 Å². The predicted molar refractivity (Wildman–Crippen MR) is 83.6 cm³/mol. The Bertz CT molecular complexity index is 958. The number of aromatic nitrogens is 3. The van der Waals surface area contributed by atoms with Crippen molar-refractivity contribution in [3.8, 4) is 28.1 Å². The molecule has 8 heteroatoms. The van der Waals surface area contributed by atoms with Gasteiger partial charge in [0.1, 0.15) is 24.5 Å². The van der Waals surface area contributed by atoms with Crippen LogP contribution in [0.4, 0.5) is 0 Å². The molecule has 4 heterocycles. The van der Waals surface area contributed by atoms with Gasteiger partial charge in [-0.25, -0.2) is 9.50 Å². The van der Waals surface area contributed by atoms with Crippen LogP contribution in [0.1, 0.15) is 0 Å². The van der Waals surface area contributed by atoms with E-state index in [1.54, 1.807) is 11.6 Å². The number of methoxy groups -OCH3 is 1. The fraction of sp³-hybridized carbons (Fsp3) is 0.200. The van der Waals surface area contributed by atoms with Crippen LogP contribution in [-0.2, 0) is 0 Å². The molecule has 0 amide bonds. The lowest BCUT2D eigenvalue weighted by Crippen LogP contribution is -2.14. The van der Waals surface area contributed by atoms with E-state index in [4.69, 9.17) is 18.6 Å². The summed E-state index contributed by atoms with van der Waals surface area (Å²) in [6.07, 6.45) is 1.82. The average molecular weight is 329 g/mol. The SMILES string of the molecule is COc1nn2cc(-c3cc4cc5c(cc4o3)OCCO5)nc2s1. The van der Waals surface area contributed by atoms with Crippen LogP contribution in [0.2, 0.25) is 0 Å². The molecular weight excluding hydrogens is 318 g/mol. The van der Waals surface area contributed by atoms with Gasteiger partial charge in [0.15, 0.2) is 17.3 Å². The Labute approximate surface area is 134 Å². The number of rotatable bonds is 2. The van der Waals surface area contributed by atoms with Gasteiger partial charge in [-0.05, 0) is 23.5 Å². The van der Waals surface area contributed by atoms with Crippen molar-refractivity contribution < 1.29 is 18.6 Å². The van der Waals surface area contributed by atoms with Gasteiger partial charge < -0.3 is 18.6 Å². The molecule has 0 saturated carbocycles. The van der Waals surface area contributed by atoms with E-state index in [0.29, 0.717) is 29.9 Å². The Morgan fingerprint density at radius 1 is 1.17 bits per heavy atom. The zero-order valence-electron chi connectivity index (χ0n) is 12.1. The molecule has 0 atom stereocenters. The molecule has 4 aromatic rings. The van der Waals surface area contributed by atoms with Crippen molar-refractivity contribution in [2.24, 2.45) is 0 Å². The second-order valence-corrected chi connectivity index (χ2v) is 5.99. The second kappa shape index (κ2) is 4.63. The number of nitrogens with zero attached hydrogens (tertiary/aromatic N) is 3. The summed E-state index contributed by atoms with van der Waals surface area (Å²) < 4.78 is 23.9. The molecule has 0 radical (unpaired) electrons. The first-order chi connectivity index (χ1) is 11.3. The summed E-state index contributed by atoms with van der Waals surface area (Å²) in [6, 6.07) is 5.72. The lowest BCUT2D eigenvalue weighted by molar-refractivity contribution is 0.172. The largest absolute Gasteiger partial charge is 0.486 e. The van der Waals surface area contributed by atoms with Crippen LogP contribution in [0.25, 0.3) is 27.4 Å². The molecule has 1 aromatic carbocycles. The van der Waals surface area contributed by atoms with Gasteiger partial charge in [-0.2, -0.15) is 0 Å². The Morgan fingerprint density at radius 2 is 2.00 bits per heavy atom. The first kappa shape index (κ1) is 12.8. The van der Waals surface area contributed by atoms with Crippen molar-refractivity contribution in [1.82, 2.24) is 14.6 Å². The monoisotopic (exact) mass is 329 g/mol. The standard InChI is InChI=1S/C15H11N3O4S/c1-19-15-17-18-7-9(16-14(18)23-15)11-4-8-5-12-13(6-10(8)22-11)21-3-2-20-12/h4-7H,2-3H2,1H3. The summed E-state index contributed by atoms with van der Waals surface area (Å²) >= 11 is 1.38. The van der Waals surface area contributed by atoms with E-state index >= 15 is 0 Å². The molecule has 23 heavy (non-hydrogen) atoms. The summed E-state index contributed by atoms with van der Waals surface area (Å²) in [4.78, 5) is 5.28. The minimum atomic E-state index is 0.552. The molecule has 0 spiro atoms. The fourth-order valence-electron chi connectivity index (χ4n) is 2.59. The van der Waals surface area contributed by atoms with E-state index in [2.05, 4.69) is 10.1 Å². The number of ether oxygens (including phenoxy) is 3. The molecule has 116 valence electrons. The molecule has 0 aliphatic carbocycles. The van der Waals surface area contributed by atoms with Crippen molar-refractivity contribution in [2.75, 3.05) is 20.3 Å². The summed E-state index contributed by atoms with van der Waals surface area (Å²) in [6.45, 7) is 1.12. The van der Waals surface area contributed by atoms with Crippen LogP contribution in [0, 0.1) is 0 Å². The van der Waals surface area contributed by atoms with E-state index in [1.807, 2.05) is 24.4 Å². The Kier molecular flexibility index (Phi) is 2.57. The smallest absolute Gasteiger partial charge is 0.294 e. The average Bonchev–Trinajstić information content (AvgIpc) is 3.23. The minimum absolute atomic E-state index is 0.552. The van der Waals surface area contributed by atoms with Crippen LogP contribution >= 0.6 is 11.3 Å². The van der Waals surface area contributed by atoms with Gasteiger partial charge in [0, 0.05) is 11.5 Å². The zero-order valence-corrected chi connectivity index (χ0v) is 12.9. The topological polar surface area (TPSA) is 71.0 Å². The highest BCUT2D eigenvalue weighted by molar-refractivity contribution is 7.18. The third kappa shape index (κ3) is 1.95. The normalized spacial score (nSPS) is 13.8. The minimum Gasteiger partial charge on any atom is -0.486 e. The highest BCUT2D eigenvalue weighted by atomic mass is 32.1. The third-order valence-corrected chi connectivity index (χ3v) is 4.52. The van der Waals surface area contributed by atoms with Crippen LogP contribution in [0.3, 0.4) is 0 Å². The van der Waals surface area contributed by atoms with Gasteiger partial charge in [0.2, 0.25) is 4.96 Å². The van der Waals surface area contributed by atoms with Gasteiger partial charge in [-0.1, -0.05) is 0 Å². The van der Waals surface area contributed by atoms with E-state index < -0.39 is 0 Å². The molecular formula is C15H11N3O4S. The molecule has 0 bridgehead atoms. The summed E-state index contributed by atoms with van der Waals surface area (Å²) in [5.41, 5.74) is 1.47. The van der Waals surface area contributed by atoms with Crippen molar-refractivity contribution in [2.45, 2.75) is 0 Å². The first-order valence-electron chi connectivity index (χ1n) is 7.04. The fourth-order valence-corrected chi connectivity index (χ4v) is 3.28. The maximum absolute atomic E-state index is 5.91. The number of hydrogen-bond donors (Lipinski definition) is 0. The number of benzene rings is 1. The van der Waals surface area contributed by atoms with Crippen LogP contribution in [-0.4, -0.2) is 34.9 Å². The zero-order chi connectivity index (χ0) is 15.4. The number of imidazole rings is 1. The van der Waals surface area contributed by atoms with Gasteiger partial charge >= 0.3 is 0 Å². The highest BCUT2D eigenvalue weighted by Gasteiger charge is 2.17. The highest BCUT2D eigenvalue weighted by Crippen LogP contribution is 2.38. The van der Waals surface area contributed by atoms with E-state index in [1.165, 1.54) is 11.3 Å². The first-order valence-corrected chi connectivity index (χ1v) is 7.85. The van der Waals surface area contributed by atoms with E-state index in [0.717, 1.165) is 27.4 Å². The molecule has 0 N–H and O–H groups in total. The molecule has 1 aliphatic heterocycles. The summed E-state index contributed by atoms with van der Waals surface area (Å²) in [5.74, 6) is 2.13. The summed E-state index contributed by atoms with van der Waals surface area (Å²) in [5, 5.41) is 5.79. The van der Waals surface area contributed by atoms with Crippen LogP contribution in [0.15, 0.2) is 28.8 Å². The predicted octanol–water partition coefficient (Wildman–Crippen LogP) is 2.98. The molecule has 0 fully saturated rings. The van der Waals surface area contributed by atoms with Crippen molar-refractivity contribution in [3.63, 3.8) is 0 Å². The van der Waals surface area contributed by atoms with Gasteiger partial charge in [-0.3, -0.25) is 0 Å². The van der Waals surface area contributed by atoms with Crippen molar-refractivity contribution in [3.05, 3.63) is 24.4 Å². The summed E-state index contributed by atoms with van der Waals surface area (Å²) in [7, 11) is 1.59. The molecule has 7 nitrogen and oxygen atoms in total. The van der Waals surface area contributed by atoms with Crippen LogP contribution in [0.5, 0.6) is 16.7 Å². The van der Waals surface area contributed by atoms with E-state index in [9.17, 15) is 0 Å². The second-order valence-electron chi connectivity index (χ2n) is 5.07. The number of fused-ring (bicyclic) bond motifs is 3. The molecule has 5 rings (SSSR count). The third-order valence-electron chi connectivity index (χ3n) is 3.63. The Balaban J connectivity index is 1.61. The maximum Gasteiger partial charge on any atom is 0.294 e. The molecule has 0 saturated heterocycles. The number of hydrogen-bond acceptors (Lipinski definition) is 7. The molecule has 3 aromatic heterocycles. The lowest BCUT2D eigenvalue weighted by Gasteiger charge is -2.17. The maximum atomic E-state index is 5.91. The van der Waals surface area contributed by atoms with Crippen LogP contribution < -0.4 is 14.2 Å². The Morgan fingerprint density at radius 3 is 2.78 bits per heavy atom. The van der Waals surface area contributed by atoms with Gasteiger partial charge in [0.25, 0.3) is 5.19 Å². The van der Waals surface area contributed by atoms with E-state index in [-0.39, 0.29) is 0 Å².